The van der Waals surface area contributed by atoms with E-state index in [0.29, 0.717) is 5.41 Å². The van der Waals surface area contributed by atoms with Crippen LogP contribution in [0.3, 0.4) is 0 Å². The molecule has 0 unspecified atom stereocenters. The maximum atomic E-state index is 4.41. The minimum atomic E-state index is 0.663. The van der Waals surface area contributed by atoms with Gasteiger partial charge in [0.25, 0.3) is 0 Å². The molecule has 0 atom stereocenters. The molecule has 0 amide bonds. The number of nitrogens with zero attached hydrogens (tertiary/aromatic N) is 2. The third kappa shape index (κ3) is 1.82. The summed E-state index contributed by atoms with van der Waals surface area (Å²) in [5, 5.41) is 1.19. The topological polar surface area (TPSA) is 16.1 Å². The summed E-state index contributed by atoms with van der Waals surface area (Å²) in [4.78, 5) is 6.84. The SMILES string of the molecule is Brc1cnc(N2CC3(CCCCC3)C2)s1. The highest BCUT2D eigenvalue weighted by Gasteiger charge is 2.44. The Bertz CT molecular complexity index is 349. The third-order valence-corrected chi connectivity index (χ3v) is 5.24. The van der Waals surface area contributed by atoms with Crippen LogP contribution in [0.15, 0.2) is 9.98 Å². The van der Waals surface area contributed by atoms with Crippen molar-refractivity contribution in [2.75, 3.05) is 18.0 Å². The van der Waals surface area contributed by atoms with Crippen molar-refractivity contribution in [3.63, 3.8) is 0 Å². The van der Waals surface area contributed by atoms with Gasteiger partial charge in [-0.25, -0.2) is 4.98 Å². The van der Waals surface area contributed by atoms with E-state index in [1.165, 1.54) is 50.3 Å². The first-order valence-electron chi connectivity index (χ1n) is 5.64. The molecule has 1 aromatic heterocycles. The van der Waals surface area contributed by atoms with Crippen LogP contribution in [0.4, 0.5) is 5.13 Å². The number of hydrogen-bond acceptors (Lipinski definition) is 3. The Hall–Kier alpha value is -0.0900. The number of aromatic nitrogens is 1. The van der Waals surface area contributed by atoms with Crippen molar-refractivity contribution in [3.05, 3.63) is 9.98 Å². The average molecular weight is 287 g/mol. The van der Waals surface area contributed by atoms with E-state index in [0.717, 1.165) is 3.79 Å². The van der Waals surface area contributed by atoms with Gasteiger partial charge in [0.1, 0.15) is 0 Å². The Balaban J connectivity index is 1.65. The molecule has 2 heterocycles. The smallest absolute Gasteiger partial charge is 0.186 e. The Morgan fingerprint density at radius 3 is 2.60 bits per heavy atom. The molecule has 1 spiro atoms. The average Bonchev–Trinajstić information content (AvgIpc) is 2.62. The molecule has 1 saturated heterocycles. The van der Waals surface area contributed by atoms with Crippen molar-refractivity contribution in [1.82, 2.24) is 4.98 Å². The minimum absolute atomic E-state index is 0.663. The maximum Gasteiger partial charge on any atom is 0.186 e. The van der Waals surface area contributed by atoms with E-state index in [1.54, 1.807) is 11.3 Å². The van der Waals surface area contributed by atoms with E-state index in [2.05, 4.69) is 25.8 Å². The Kier molecular flexibility index (Phi) is 2.51. The highest BCUT2D eigenvalue weighted by molar-refractivity contribution is 9.11. The lowest BCUT2D eigenvalue weighted by molar-refractivity contribution is 0.139. The zero-order valence-electron chi connectivity index (χ0n) is 8.71. The molecule has 4 heteroatoms. The molecule has 2 fully saturated rings. The van der Waals surface area contributed by atoms with Gasteiger partial charge in [0.2, 0.25) is 0 Å². The molecule has 0 bridgehead atoms. The molecule has 1 saturated carbocycles. The predicted molar refractivity (Wildman–Crippen MR) is 67.5 cm³/mol. The Morgan fingerprint density at radius 2 is 2.00 bits per heavy atom. The molecule has 0 aromatic carbocycles. The summed E-state index contributed by atoms with van der Waals surface area (Å²) in [7, 11) is 0. The first kappa shape index (κ1) is 10.1. The van der Waals surface area contributed by atoms with Crippen molar-refractivity contribution < 1.29 is 0 Å². The van der Waals surface area contributed by atoms with Crippen LogP contribution < -0.4 is 4.90 Å². The second kappa shape index (κ2) is 3.74. The first-order valence-corrected chi connectivity index (χ1v) is 7.25. The van der Waals surface area contributed by atoms with Crippen LogP contribution in [0, 0.1) is 5.41 Å². The van der Waals surface area contributed by atoms with Crippen LogP contribution in [0.2, 0.25) is 0 Å². The molecule has 2 aliphatic rings. The standard InChI is InChI=1S/C11H15BrN2S/c12-9-6-13-10(15-9)14-7-11(8-14)4-2-1-3-5-11/h6H,1-5,7-8H2. The summed E-state index contributed by atoms with van der Waals surface area (Å²) < 4.78 is 1.14. The third-order valence-electron chi connectivity index (χ3n) is 3.70. The Morgan fingerprint density at radius 1 is 1.27 bits per heavy atom. The molecular formula is C11H15BrN2S. The molecule has 3 rings (SSSR count). The summed E-state index contributed by atoms with van der Waals surface area (Å²) in [5.74, 6) is 0. The zero-order chi connectivity index (χ0) is 10.3. The molecule has 0 N–H and O–H groups in total. The fraction of sp³-hybridized carbons (Fsp3) is 0.727. The predicted octanol–water partition coefficient (Wildman–Crippen LogP) is 3.68. The molecular weight excluding hydrogens is 272 g/mol. The van der Waals surface area contributed by atoms with Crippen LogP contribution in [0.1, 0.15) is 32.1 Å². The van der Waals surface area contributed by atoms with Crippen LogP contribution in [-0.4, -0.2) is 18.1 Å². The normalized spacial score (nSPS) is 24.2. The number of anilines is 1. The van der Waals surface area contributed by atoms with Gasteiger partial charge in [-0.2, -0.15) is 0 Å². The van der Waals surface area contributed by atoms with Crippen LogP contribution >= 0.6 is 27.3 Å². The number of halogens is 1. The van der Waals surface area contributed by atoms with Crippen molar-refractivity contribution in [1.29, 1.82) is 0 Å². The molecule has 1 aromatic rings. The van der Waals surface area contributed by atoms with Crippen molar-refractivity contribution >= 4 is 32.4 Å². The Labute approximate surface area is 103 Å². The largest absolute Gasteiger partial charge is 0.347 e. The van der Waals surface area contributed by atoms with E-state index in [9.17, 15) is 0 Å². The highest BCUT2D eigenvalue weighted by Crippen LogP contribution is 2.46. The van der Waals surface area contributed by atoms with Crippen molar-refractivity contribution in [2.45, 2.75) is 32.1 Å². The minimum Gasteiger partial charge on any atom is -0.347 e. The van der Waals surface area contributed by atoms with Gasteiger partial charge in [-0.05, 0) is 28.8 Å². The maximum absolute atomic E-state index is 4.41. The highest BCUT2D eigenvalue weighted by atomic mass is 79.9. The summed E-state index contributed by atoms with van der Waals surface area (Å²) in [6.45, 7) is 2.49. The molecule has 0 radical (unpaired) electrons. The van der Waals surface area contributed by atoms with Gasteiger partial charge >= 0.3 is 0 Å². The van der Waals surface area contributed by atoms with Gasteiger partial charge in [-0.3, -0.25) is 0 Å². The van der Waals surface area contributed by atoms with Crippen LogP contribution in [-0.2, 0) is 0 Å². The van der Waals surface area contributed by atoms with Gasteiger partial charge in [0, 0.05) is 18.5 Å². The van der Waals surface area contributed by atoms with Gasteiger partial charge in [-0.15, -0.1) is 0 Å². The summed E-state index contributed by atoms with van der Waals surface area (Å²) in [6.07, 6.45) is 9.12. The second-order valence-electron chi connectivity index (χ2n) is 4.86. The monoisotopic (exact) mass is 286 g/mol. The van der Waals surface area contributed by atoms with E-state index in [-0.39, 0.29) is 0 Å². The number of thiazole rings is 1. The fourth-order valence-electron chi connectivity index (χ4n) is 2.91. The van der Waals surface area contributed by atoms with E-state index >= 15 is 0 Å². The van der Waals surface area contributed by atoms with Crippen molar-refractivity contribution in [2.24, 2.45) is 5.41 Å². The van der Waals surface area contributed by atoms with Crippen molar-refractivity contribution in [3.8, 4) is 0 Å². The summed E-state index contributed by atoms with van der Waals surface area (Å²) >= 11 is 5.22. The first-order chi connectivity index (χ1) is 7.27. The van der Waals surface area contributed by atoms with Gasteiger partial charge in [-0.1, -0.05) is 30.6 Å². The summed E-state index contributed by atoms with van der Waals surface area (Å²) in [6, 6.07) is 0. The lowest BCUT2D eigenvalue weighted by atomic mass is 9.69. The molecule has 1 aliphatic carbocycles. The zero-order valence-corrected chi connectivity index (χ0v) is 11.1. The molecule has 2 nitrogen and oxygen atoms in total. The van der Waals surface area contributed by atoms with Crippen LogP contribution in [0.25, 0.3) is 0 Å². The van der Waals surface area contributed by atoms with E-state index in [1.807, 2.05) is 6.20 Å². The molecule has 82 valence electrons. The van der Waals surface area contributed by atoms with Gasteiger partial charge < -0.3 is 4.90 Å². The van der Waals surface area contributed by atoms with E-state index in [4.69, 9.17) is 0 Å². The number of hydrogen-bond donors (Lipinski definition) is 0. The van der Waals surface area contributed by atoms with Gasteiger partial charge in [0.15, 0.2) is 5.13 Å². The lowest BCUT2D eigenvalue weighted by Crippen LogP contribution is -2.57. The summed E-state index contributed by atoms with van der Waals surface area (Å²) in [5.41, 5.74) is 0.663. The van der Waals surface area contributed by atoms with Crippen LogP contribution in [0.5, 0.6) is 0 Å². The van der Waals surface area contributed by atoms with Gasteiger partial charge in [0.05, 0.1) is 9.98 Å². The molecule has 1 aliphatic heterocycles. The second-order valence-corrected chi connectivity index (χ2v) is 7.25. The fourth-order valence-corrected chi connectivity index (χ4v) is 4.09. The quantitative estimate of drug-likeness (QED) is 0.783. The number of rotatable bonds is 1. The lowest BCUT2D eigenvalue weighted by Gasteiger charge is -2.52. The molecule has 15 heavy (non-hydrogen) atoms. The van der Waals surface area contributed by atoms with E-state index < -0.39 is 0 Å².